The zero-order valence-corrected chi connectivity index (χ0v) is 19.1. The Balaban J connectivity index is 1.45. The molecule has 5 N–H and O–H groups in total. The van der Waals surface area contributed by atoms with Crippen LogP contribution in [0.25, 0.3) is 11.2 Å². The molecule has 0 radical (unpaired) electrons. The fourth-order valence-electron chi connectivity index (χ4n) is 4.16. The summed E-state index contributed by atoms with van der Waals surface area (Å²) in [4.78, 5) is 47.9. The molecule has 35 heavy (non-hydrogen) atoms. The van der Waals surface area contributed by atoms with Crippen LogP contribution in [0, 0.1) is 0 Å². The summed E-state index contributed by atoms with van der Waals surface area (Å²) in [6.45, 7) is 1.23. The SMILES string of the molecule is C[C@@]1(CCC(=O)O)O[C@@H]2[C@H](O1)[C@@H](COP(=O)(O)n1ccnc1)O[C@H]2n1cnc2c(=O)[nH]c(N)nc21. The van der Waals surface area contributed by atoms with Gasteiger partial charge in [0.1, 0.15) is 24.6 Å². The third-order valence-corrected chi connectivity index (χ3v) is 7.07. The van der Waals surface area contributed by atoms with Gasteiger partial charge in [-0.3, -0.25) is 23.7 Å². The predicted octanol–water partition coefficient (Wildman–Crippen LogP) is -0.174. The molecule has 0 saturated carbocycles. The molecule has 2 fully saturated rings. The summed E-state index contributed by atoms with van der Waals surface area (Å²) >= 11 is 0. The normalized spacial score (nSPS) is 29.9. The van der Waals surface area contributed by atoms with Gasteiger partial charge < -0.3 is 29.9 Å². The zero-order chi connectivity index (χ0) is 25.0. The molecule has 3 aromatic heterocycles. The lowest BCUT2D eigenvalue weighted by atomic mass is 10.1. The number of hydrogen-bond donors (Lipinski definition) is 4. The number of carboxylic acid groups (broad SMARTS) is 1. The summed E-state index contributed by atoms with van der Waals surface area (Å²) < 4.78 is 38.5. The lowest BCUT2D eigenvalue weighted by Gasteiger charge is -2.27. The second kappa shape index (κ2) is 8.51. The summed E-state index contributed by atoms with van der Waals surface area (Å²) in [5.74, 6) is -2.43. The number of aromatic nitrogens is 6. The summed E-state index contributed by atoms with van der Waals surface area (Å²) in [7, 11) is -4.27. The molecule has 188 valence electrons. The Kier molecular flexibility index (Phi) is 5.74. The Morgan fingerprint density at radius 1 is 1.37 bits per heavy atom. The van der Waals surface area contributed by atoms with Crippen molar-refractivity contribution in [1.82, 2.24) is 28.8 Å². The smallest absolute Gasteiger partial charge is 0.437 e. The van der Waals surface area contributed by atoms with Crippen LogP contribution >= 0.6 is 7.75 Å². The Morgan fingerprint density at radius 3 is 2.86 bits per heavy atom. The highest BCUT2D eigenvalue weighted by Crippen LogP contribution is 2.48. The van der Waals surface area contributed by atoms with Crippen LogP contribution in [0.2, 0.25) is 0 Å². The van der Waals surface area contributed by atoms with Crippen molar-refractivity contribution in [2.45, 2.75) is 50.1 Å². The molecule has 0 aromatic carbocycles. The molecule has 6 atom stereocenters. The number of carboxylic acids is 1. The number of hydrogen-bond acceptors (Lipinski definition) is 11. The van der Waals surface area contributed by atoms with Gasteiger partial charge in [-0.2, -0.15) is 4.98 Å². The number of rotatable bonds is 8. The number of nitrogens with two attached hydrogens (primary N) is 1. The first-order valence-corrected chi connectivity index (χ1v) is 12.0. The van der Waals surface area contributed by atoms with Gasteiger partial charge in [-0.15, -0.1) is 0 Å². The highest BCUT2D eigenvalue weighted by Gasteiger charge is 2.57. The molecule has 17 heteroatoms. The van der Waals surface area contributed by atoms with E-state index in [-0.39, 0.29) is 36.6 Å². The molecule has 2 aliphatic heterocycles. The Morgan fingerprint density at radius 2 is 2.14 bits per heavy atom. The fourth-order valence-corrected chi connectivity index (χ4v) is 5.05. The summed E-state index contributed by atoms with van der Waals surface area (Å²) in [6, 6.07) is 0. The van der Waals surface area contributed by atoms with Crippen LogP contribution in [0.5, 0.6) is 0 Å². The van der Waals surface area contributed by atoms with Gasteiger partial charge in [0.25, 0.3) is 5.56 Å². The van der Waals surface area contributed by atoms with E-state index in [0.717, 1.165) is 10.7 Å². The summed E-state index contributed by atoms with van der Waals surface area (Å²) in [6.07, 6.45) is 1.45. The molecule has 2 saturated heterocycles. The zero-order valence-electron chi connectivity index (χ0n) is 18.3. The third kappa shape index (κ3) is 4.35. The number of nitrogen functional groups attached to an aromatic ring is 1. The van der Waals surface area contributed by atoms with Crippen molar-refractivity contribution < 1.29 is 38.1 Å². The van der Waals surface area contributed by atoms with Crippen LogP contribution in [-0.2, 0) is 28.1 Å². The maximum Gasteiger partial charge on any atom is 0.437 e. The average Bonchev–Trinajstić information content (AvgIpc) is 3.55. The fraction of sp³-hybridized carbons (Fsp3) is 0.500. The number of nitrogens with one attached hydrogen (secondary N) is 1. The van der Waals surface area contributed by atoms with Crippen LogP contribution in [0.3, 0.4) is 0 Å². The van der Waals surface area contributed by atoms with Gasteiger partial charge in [0.2, 0.25) is 5.95 Å². The van der Waals surface area contributed by atoms with Crippen LogP contribution < -0.4 is 11.3 Å². The number of aromatic amines is 1. The van der Waals surface area contributed by atoms with Crippen molar-refractivity contribution in [2.24, 2.45) is 0 Å². The number of nitrogens with zero attached hydrogens (tertiary/aromatic N) is 5. The van der Waals surface area contributed by atoms with Gasteiger partial charge in [-0.1, -0.05) is 0 Å². The highest BCUT2D eigenvalue weighted by molar-refractivity contribution is 7.51. The van der Waals surface area contributed by atoms with Crippen molar-refractivity contribution in [3.8, 4) is 0 Å². The van der Waals surface area contributed by atoms with Crippen LogP contribution in [0.1, 0.15) is 26.0 Å². The molecule has 5 rings (SSSR count). The minimum absolute atomic E-state index is 0.0200. The Bertz CT molecular complexity index is 1360. The maximum absolute atomic E-state index is 12.6. The Hall–Kier alpha value is -3.14. The number of imidazole rings is 2. The van der Waals surface area contributed by atoms with Crippen LogP contribution in [0.15, 0.2) is 29.8 Å². The molecule has 0 bridgehead atoms. The number of fused-ring (bicyclic) bond motifs is 2. The van der Waals surface area contributed by atoms with Gasteiger partial charge in [0, 0.05) is 18.8 Å². The average molecular weight is 511 g/mol. The molecular weight excluding hydrogens is 489 g/mol. The third-order valence-electron chi connectivity index (χ3n) is 5.76. The number of carbonyl (C=O) groups is 1. The van der Waals surface area contributed by atoms with Gasteiger partial charge in [-0.25, -0.2) is 18.9 Å². The molecule has 0 spiro atoms. The monoisotopic (exact) mass is 511 g/mol. The van der Waals surface area contributed by atoms with Gasteiger partial charge in [0.05, 0.1) is 19.4 Å². The summed E-state index contributed by atoms with van der Waals surface area (Å²) in [5.41, 5.74) is 5.30. The first-order valence-electron chi connectivity index (χ1n) is 10.5. The highest BCUT2D eigenvalue weighted by atomic mass is 31.2. The van der Waals surface area contributed by atoms with E-state index >= 15 is 0 Å². The molecule has 16 nitrogen and oxygen atoms in total. The minimum Gasteiger partial charge on any atom is -0.481 e. The van der Waals surface area contributed by atoms with E-state index in [4.69, 9.17) is 29.6 Å². The number of anilines is 1. The van der Waals surface area contributed by atoms with E-state index in [2.05, 4.69) is 19.9 Å². The second-order valence-corrected chi connectivity index (χ2v) is 9.96. The maximum atomic E-state index is 12.6. The summed E-state index contributed by atoms with van der Waals surface area (Å²) in [5, 5.41) is 9.09. The number of aliphatic carboxylic acids is 1. The molecule has 0 aliphatic carbocycles. The van der Waals surface area contributed by atoms with Crippen molar-refractivity contribution in [3.63, 3.8) is 0 Å². The van der Waals surface area contributed by atoms with Crippen LogP contribution in [0.4, 0.5) is 5.95 Å². The van der Waals surface area contributed by atoms with Crippen molar-refractivity contribution in [3.05, 3.63) is 35.4 Å². The topological polar surface area (TPSA) is 219 Å². The minimum atomic E-state index is -4.27. The van der Waals surface area contributed by atoms with Gasteiger partial charge >= 0.3 is 13.7 Å². The lowest BCUT2D eigenvalue weighted by Crippen LogP contribution is -2.34. The molecule has 1 unspecified atom stereocenters. The lowest BCUT2D eigenvalue weighted by molar-refractivity contribution is -0.213. The van der Waals surface area contributed by atoms with E-state index in [1.165, 1.54) is 23.3 Å². The molecule has 0 amide bonds. The van der Waals surface area contributed by atoms with E-state index in [9.17, 15) is 19.0 Å². The largest absolute Gasteiger partial charge is 0.481 e. The van der Waals surface area contributed by atoms with E-state index in [1.807, 2.05) is 0 Å². The molecular formula is C18H22N7O9P. The quantitative estimate of drug-likeness (QED) is 0.289. The van der Waals surface area contributed by atoms with Crippen LogP contribution in [-0.4, -0.2) is 75.5 Å². The standard InChI is InChI=1S/C18H22N7O9P/c1-18(3-2-10(26)27)33-12-9(6-31-35(29,30)24-5-4-20-7-24)32-16(13(12)34-18)25-8-21-11-14(25)22-17(19)23-15(11)28/h4-5,7-9,12-13,16H,2-3,6H2,1H3,(H,26,27)(H,29,30)(H3,19,22,23,28)/t9-,12-,13-,16-,18+/m1/s1. The molecule has 3 aromatic rings. The van der Waals surface area contributed by atoms with E-state index in [1.54, 1.807) is 6.92 Å². The van der Waals surface area contributed by atoms with Gasteiger partial charge in [-0.05, 0) is 6.92 Å². The van der Waals surface area contributed by atoms with Crippen molar-refractivity contribution >= 4 is 30.8 Å². The number of H-pyrrole nitrogens is 1. The second-order valence-electron chi connectivity index (χ2n) is 8.26. The van der Waals surface area contributed by atoms with Crippen molar-refractivity contribution in [1.29, 1.82) is 0 Å². The first-order chi connectivity index (χ1) is 16.6. The first kappa shape index (κ1) is 23.6. The molecule has 2 aliphatic rings. The van der Waals surface area contributed by atoms with Crippen molar-refractivity contribution in [2.75, 3.05) is 12.3 Å². The Labute approximate surface area is 196 Å². The molecule has 5 heterocycles. The van der Waals surface area contributed by atoms with Gasteiger partial charge in [0.15, 0.2) is 23.2 Å². The predicted molar refractivity (Wildman–Crippen MR) is 115 cm³/mol. The number of ether oxygens (including phenoxy) is 3. The van der Waals surface area contributed by atoms with E-state index in [0.29, 0.717) is 0 Å². The van der Waals surface area contributed by atoms with E-state index < -0.39 is 49.6 Å².